The van der Waals surface area contributed by atoms with E-state index in [1.807, 2.05) is 0 Å². The van der Waals surface area contributed by atoms with Crippen LogP contribution in [0, 0.1) is 6.92 Å². The number of carbonyl (C=O) groups is 2. The van der Waals surface area contributed by atoms with E-state index in [2.05, 4.69) is 15.9 Å². The number of aromatic hydroxyl groups is 1. The number of halogens is 1. The largest absolute Gasteiger partial charge is 0.504 e. The number of rotatable bonds is 3. The van der Waals surface area contributed by atoms with Crippen molar-refractivity contribution in [3.05, 3.63) is 21.7 Å². The van der Waals surface area contributed by atoms with Crippen LogP contribution in [0.5, 0.6) is 11.5 Å². The number of aliphatic carboxylic acids is 1. The molecule has 0 atom stereocenters. The van der Waals surface area contributed by atoms with Gasteiger partial charge in [-0.15, -0.1) is 0 Å². The molecule has 0 aromatic heterocycles. The maximum atomic E-state index is 11.4. The molecule has 0 aliphatic heterocycles. The molecule has 1 rings (SSSR count). The van der Waals surface area contributed by atoms with E-state index in [9.17, 15) is 14.7 Å². The van der Waals surface area contributed by atoms with Gasteiger partial charge < -0.3 is 14.9 Å². The minimum absolute atomic E-state index is 0.0258. The van der Waals surface area contributed by atoms with Crippen LogP contribution in [0.3, 0.4) is 0 Å². The summed E-state index contributed by atoms with van der Waals surface area (Å²) in [5, 5.41) is 18.1. The van der Waals surface area contributed by atoms with Crippen LogP contribution in [0.4, 0.5) is 0 Å². The lowest BCUT2D eigenvalue weighted by atomic mass is 10.0. The van der Waals surface area contributed by atoms with Crippen molar-refractivity contribution in [1.82, 2.24) is 0 Å². The molecule has 0 radical (unpaired) electrons. The quantitative estimate of drug-likeness (QED) is 0.654. The predicted octanol–water partition coefficient (Wildman–Crippen LogP) is 1.74. The van der Waals surface area contributed by atoms with Crippen molar-refractivity contribution in [2.45, 2.75) is 6.92 Å². The van der Waals surface area contributed by atoms with Crippen LogP contribution < -0.4 is 4.74 Å². The summed E-state index contributed by atoms with van der Waals surface area (Å²) in [5.41, 5.74) is 0.333. The number of hydrogen-bond donors (Lipinski definition) is 2. The van der Waals surface area contributed by atoms with Gasteiger partial charge in [0.15, 0.2) is 11.5 Å². The Bertz CT molecular complexity index is 467. The van der Waals surface area contributed by atoms with E-state index in [1.54, 1.807) is 0 Å². The first-order chi connectivity index (χ1) is 7.40. The third-order valence-corrected chi connectivity index (χ3v) is 2.78. The molecule has 2 N–H and O–H groups in total. The second-order valence-corrected chi connectivity index (χ2v) is 3.86. The van der Waals surface area contributed by atoms with Crippen molar-refractivity contribution in [2.24, 2.45) is 0 Å². The van der Waals surface area contributed by atoms with Crippen molar-refractivity contribution < 1.29 is 24.5 Å². The van der Waals surface area contributed by atoms with Crippen molar-refractivity contribution >= 4 is 27.7 Å². The first-order valence-corrected chi connectivity index (χ1v) is 5.03. The highest BCUT2D eigenvalue weighted by Gasteiger charge is 2.24. The van der Waals surface area contributed by atoms with E-state index in [-0.39, 0.29) is 21.5 Å². The first kappa shape index (κ1) is 12.5. The van der Waals surface area contributed by atoms with Crippen LogP contribution in [-0.4, -0.2) is 29.1 Å². The molecule has 1 aromatic rings. The third kappa shape index (κ3) is 2.01. The number of benzene rings is 1. The van der Waals surface area contributed by atoms with Gasteiger partial charge in [-0.3, -0.25) is 4.79 Å². The molecule has 1 aromatic carbocycles. The summed E-state index contributed by atoms with van der Waals surface area (Å²) in [5.74, 6) is -2.73. The van der Waals surface area contributed by atoms with Gasteiger partial charge in [-0.2, -0.15) is 0 Å². The fourth-order valence-corrected chi connectivity index (χ4v) is 2.18. The van der Waals surface area contributed by atoms with Gasteiger partial charge in [0.25, 0.3) is 5.78 Å². The highest BCUT2D eigenvalue weighted by molar-refractivity contribution is 9.10. The predicted molar refractivity (Wildman–Crippen MR) is 59.1 cm³/mol. The van der Waals surface area contributed by atoms with Crippen molar-refractivity contribution in [3.63, 3.8) is 0 Å². The minimum Gasteiger partial charge on any atom is -0.504 e. The SMILES string of the molecule is COc1c(O)cc(C)c(C(=O)C(=O)O)c1Br. The van der Waals surface area contributed by atoms with Gasteiger partial charge in [0.1, 0.15) is 0 Å². The van der Waals surface area contributed by atoms with Crippen LogP contribution in [0.1, 0.15) is 15.9 Å². The molecule has 6 heteroatoms. The van der Waals surface area contributed by atoms with Crippen LogP contribution in [0.15, 0.2) is 10.5 Å². The monoisotopic (exact) mass is 288 g/mol. The van der Waals surface area contributed by atoms with Gasteiger partial charge >= 0.3 is 5.97 Å². The molecular formula is C10H9BrO5. The maximum Gasteiger partial charge on any atom is 0.377 e. The molecule has 0 heterocycles. The Labute approximate surface area is 99.8 Å². The second-order valence-electron chi connectivity index (χ2n) is 3.07. The summed E-state index contributed by atoms with van der Waals surface area (Å²) >= 11 is 3.04. The van der Waals surface area contributed by atoms with Gasteiger partial charge in [-0.1, -0.05) is 0 Å². The summed E-state index contributed by atoms with van der Waals surface area (Å²) in [6, 6.07) is 1.28. The van der Waals surface area contributed by atoms with Crippen LogP contribution in [0.2, 0.25) is 0 Å². The Balaban J connectivity index is 3.51. The Kier molecular flexibility index (Phi) is 3.54. The van der Waals surface area contributed by atoms with Gasteiger partial charge in [0, 0.05) is 0 Å². The summed E-state index contributed by atoms with van der Waals surface area (Å²) in [4.78, 5) is 22.0. The van der Waals surface area contributed by atoms with E-state index in [0.29, 0.717) is 5.56 Å². The summed E-state index contributed by atoms with van der Waals surface area (Å²) in [6.45, 7) is 1.53. The van der Waals surface area contributed by atoms with Crippen LogP contribution in [0.25, 0.3) is 0 Å². The fourth-order valence-electron chi connectivity index (χ4n) is 1.32. The lowest BCUT2D eigenvalue weighted by molar-refractivity contribution is -0.131. The van der Waals surface area contributed by atoms with Crippen molar-refractivity contribution in [3.8, 4) is 11.5 Å². The third-order valence-electron chi connectivity index (χ3n) is 2.02. The van der Waals surface area contributed by atoms with Gasteiger partial charge in [-0.25, -0.2) is 4.79 Å². The number of phenols is 1. The number of carboxylic acid groups (broad SMARTS) is 1. The van der Waals surface area contributed by atoms with Gasteiger partial charge in [0.2, 0.25) is 0 Å². The van der Waals surface area contributed by atoms with Crippen molar-refractivity contribution in [1.29, 1.82) is 0 Å². The van der Waals surface area contributed by atoms with Crippen LogP contribution >= 0.6 is 15.9 Å². The Hall–Kier alpha value is -1.56. The van der Waals surface area contributed by atoms with Crippen LogP contribution in [-0.2, 0) is 4.79 Å². The molecule has 0 aliphatic rings. The Morgan fingerprint density at radius 1 is 1.44 bits per heavy atom. The summed E-state index contributed by atoms with van der Waals surface area (Å²) < 4.78 is 5.00. The van der Waals surface area contributed by atoms with E-state index in [1.165, 1.54) is 20.1 Å². The number of aryl methyl sites for hydroxylation is 1. The maximum absolute atomic E-state index is 11.4. The number of carbonyl (C=O) groups excluding carboxylic acids is 1. The number of ketones is 1. The highest BCUT2D eigenvalue weighted by atomic mass is 79.9. The standard InChI is InChI=1S/C10H9BrO5/c1-4-3-5(12)9(16-2)7(11)6(4)8(13)10(14)15/h3,12H,1-2H3,(H,14,15). The van der Waals surface area contributed by atoms with Gasteiger partial charge in [0.05, 0.1) is 17.1 Å². The summed E-state index contributed by atoms with van der Waals surface area (Å²) in [6.07, 6.45) is 0. The molecule has 86 valence electrons. The molecule has 0 amide bonds. The van der Waals surface area contributed by atoms with E-state index >= 15 is 0 Å². The fraction of sp³-hybridized carbons (Fsp3) is 0.200. The zero-order valence-electron chi connectivity index (χ0n) is 8.57. The van der Waals surface area contributed by atoms with E-state index in [4.69, 9.17) is 9.84 Å². The number of Topliss-reactive ketones (excluding diaryl/α,β-unsaturated/α-hetero) is 1. The molecule has 0 bridgehead atoms. The average Bonchev–Trinajstić information content (AvgIpc) is 2.17. The molecular weight excluding hydrogens is 280 g/mol. The smallest absolute Gasteiger partial charge is 0.377 e. The zero-order chi connectivity index (χ0) is 12.5. The van der Waals surface area contributed by atoms with Crippen molar-refractivity contribution in [2.75, 3.05) is 7.11 Å². The first-order valence-electron chi connectivity index (χ1n) is 4.23. The minimum atomic E-state index is -1.56. The number of ether oxygens (including phenoxy) is 1. The Morgan fingerprint density at radius 3 is 2.44 bits per heavy atom. The second kappa shape index (κ2) is 4.52. The average molecular weight is 289 g/mol. The molecule has 5 nitrogen and oxygen atoms in total. The number of hydrogen-bond acceptors (Lipinski definition) is 4. The zero-order valence-corrected chi connectivity index (χ0v) is 10.2. The molecule has 0 fully saturated rings. The molecule has 16 heavy (non-hydrogen) atoms. The number of phenolic OH excluding ortho intramolecular Hbond substituents is 1. The molecule has 0 saturated heterocycles. The normalized spacial score (nSPS) is 9.94. The molecule has 0 saturated carbocycles. The lowest BCUT2D eigenvalue weighted by Gasteiger charge is -2.11. The summed E-state index contributed by atoms with van der Waals surface area (Å²) in [7, 11) is 1.31. The van der Waals surface area contributed by atoms with E-state index in [0.717, 1.165) is 0 Å². The molecule has 0 spiro atoms. The number of methoxy groups -OCH3 is 1. The topological polar surface area (TPSA) is 83.8 Å². The molecule has 0 aliphatic carbocycles. The molecule has 0 unspecified atom stereocenters. The van der Waals surface area contributed by atoms with Gasteiger partial charge in [-0.05, 0) is 34.5 Å². The highest BCUT2D eigenvalue weighted by Crippen LogP contribution is 2.39. The number of carboxylic acids is 1. The Morgan fingerprint density at radius 2 is 2.00 bits per heavy atom. The lowest BCUT2D eigenvalue weighted by Crippen LogP contribution is -2.15. The van der Waals surface area contributed by atoms with E-state index < -0.39 is 11.8 Å².